The minimum absolute atomic E-state index is 0.983. The van der Waals surface area contributed by atoms with Gasteiger partial charge in [-0.1, -0.05) is 36.9 Å². The van der Waals surface area contributed by atoms with Crippen molar-refractivity contribution in [2.45, 2.75) is 25.1 Å². The second kappa shape index (κ2) is 6.21. The molecule has 5 heteroatoms. The second-order valence-electron chi connectivity index (χ2n) is 3.81. The average Bonchev–Trinajstić information content (AvgIpc) is 3.08. The van der Waals surface area contributed by atoms with Gasteiger partial charge in [-0.25, -0.2) is 0 Å². The largest absolute Gasteiger partial charge is 0.361 e. The van der Waals surface area contributed by atoms with Crippen molar-refractivity contribution >= 4 is 34.0 Å². The average molecular weight is 291 g/mol. The molecule has 0 aliphatic rings. The molecule has 100 valence electrons. The summed E-state index contributed by atoms with van der Waals surface area (Å²) in [6.45, 7) is 6.11. The lowest BCUT2D eigenvalue weighted by Crippen LogP contribution is -1.77. The Morgan fingerprint density at radius 1 is 1.21 bits per heavy atom. The number of nitrogens with one attached hydrogen (secondary N) is 1. The third-order valence-electron chi connectivity index (χ3n) is 2.72. The summed E-state index contributed by atoms with van der Waals surface area (Å²) in [5.41, 5.74) is 3.57. The van der Waals surface area contributed by atoms with Gasteiger partial charge in [0.2, 0.25) is 0 Å². The van der Waals surface area contributed by atoms with Crippen LogP contribution in [-0.2, 0) is 0 Å². The van der Waals surface area contributed by atoms with Crippen molar-refractivity contribution in [2.75, 3.05) is 6.26 Å². The number of aromatic nitrogens is 3. The summed E-state index contributed by atoms with van der Waals surface area (Å²) in [4.78, 5) is 3.25. The summed E-state index contributed by atoms with van der Waals surface area (Å²) in [5.74, 6) is 0. The fraction of sp³-hybridized carbons (Fsp3) is 0.286. The Labute approximate surface area is 121 Å². The number of thioether (sulfide) groups is 1. The van der Waals surface area contributed by atoms with Gasteiger partial charge in [0.1, 0.15) is 5.01 Å². The van der Waals surface area contributed by atoms with Crippen LogP contribution in [0.25, 0.3) is 21.5 Å². The molecule has 3 nitrogen and oxygen atoms in total. The van der Waals surface area contributed by atoms with Crippen molar-refractivity contribution in [3.63, 3.8) is 0 Å². The number of hydrogen-bond acceptors (Lipinski definition) is 4. The zero-order valence-electron chi connectivity index (χ0n) is 11.5. The number of H-pyrrole nitrogens is 1. The van der Waals surface area contributed by atoms with Crippen LogP contribution in [0.15, 0.2) is 28.7 Å². The summed E-state index contributed by atoms with van der Waals surface area (Å²) in [6.07, 6.45) is 4.05. The van der Waals surface area contributed by atoms with E-state index in [1.165, 1.54) is 16.5 Å². The maximum absolute atomic E-state index is 4.22. The molecule has 0 aliphatic carbocycles. The van der Waals surface area contributed by atoms with E-state index in [1.54, 1.807) is 23.1 Å². The van der Waals surface area contributed by atoms with Gasteiger partial charge in [0.15, 0.2) is 4.34 Å². The Hall–Kier alpha value is -1.33. The van der Waals surface area contributed by atoms with Gasteiger partial charge in [-0.15, -0.1) is 10.2 Å². The normalized spacial score (nSPS) is 10.3. The molecule has 0 radical (unpaired) electrons. The van der Waals surface area contributed by atoms with E-state index < -0.39 is 0 Å². The van der Waals surface area contributed by atoms with Gasteiger partial charge in [-0.2, -0.15) is 0 Å². The highest BCUT2D eigenvalue weighted by molar-refractivity contribution is 8.00. The summed E-state index contributed by atoms with van der Waals surface area (Å²) in [6, 6.07) is 6.35. The van der Waals surface area contributed by atoms with Gasteiger partial charge in [-0.05, 0) is 36.9 Å². The number of rotatable bonds is 2. The van der Waals surface area contributed by atoms with Crippen LogP contribution >= 0.6 is 23.1 Å². The lowest BCUT2D eigenvalue weighted by atomic mass is 10.1. The van der Waals surface area contributed by atoms with Gasteiger partial charge in [-0.3, -0.25) is 0 Å². The number of benzene rings is 1. The molecule has 0 atom stereocenters. The van der Waals surface area contributed by atoms with E-state index in [-0.39, 0.29) is 0 Å². The molecule has 0 aliphatic heterocycles. The Bertz CT molecular complexity index is 670. The lowest BCUT2D eigenvalue weighted by Gasteiger charge is -1.96. The molecule has 0 amide bonds. The SMILES string of the molecule is CC.CSc1nnc(-c2ccc3[nH]cc(C)c3c2)s1. The lowest BCUT2D eigenvalue weighted by molar-refractivity contribution is 1.02. The van der Waals surface area contributed by atoms with Crippen molar-refractivity contribution < 1.29 is 0 Å². The van der Waals surface area contributed by atoms with Gasteiger partial charge >= 0.3 is 0 Å². The highest BCUT2D eigenvalue weighted by Crippen LogP contribution is 2.30. The van der Waals surface area contributed by atoms with E-state index in [4.69, 9.17) is 0 Å². The first-order valence-corrected chi connectivity index (χ1v) is 8.27. The number of aryl methyl sites for hydroxylation is 1. The summed E-state index contributed by atoms with van der Waals surface area (Å²) < 4.78 is 1.01. The number of aromatic amines is 1. The highest BCUT2D eigenvalue weighted by atomic mass is 32.2. The quantitative estimate of drug-likeness (QED) is 0.693. The third-order valence-corrected chi connectivity index (χ3v) is 4.66. The molecular formula is C14H17N3S2. The Balaban J connectivity index is 0.000000637. The van der Waals surface area contributed by atoms with E-state index in [2.05, 4.69) is 40.3 Å². The zero-order chi connectivity index (χ0) is 13.8. The summed E-state index contributed by atoms with van der Waals surface area (Å²) in [5, 5.41) is 10.6. The Kier molecular flexibility index (Phi) is 4.61. The molecule has 19 heavy (non-hydrogen) atoms. The molecule has 0 saturated carbocycles. The summed E-state index contributed by atoms with van der Waals surface area (Å²) >= 11 is 3.27. The van der Waals surface area contributed by atoms with Crippen molar-refractivity contribution in [2.24, 2.45) is 0 Å². The number of nitrogens with zero attached hydrogens (tertiary/aromatic N) is 2. The van der Waals surface area contributed by atoms with Gasteiger partial charge < -0.3 is 4.98 Å². The smallest absolute Gasteiger partial charge is 0.174 e. The number of fused-ring (bicyclic) bond motifs is 1. The molecule has 0 saturated heterocycles. The second-order valence-corrected chi connectivity index (χ2v) is 5.84. The van der Waals surface area contributed by atoms with E-state index in [9.17, 15) is 0 Å². The molecular weight excluding hydrogens is 274 g/mol. The standard InChI is InChI=1S/C12H11N3S2.C2H6/c1-7-6-13-10-4-3-8(5-9(7)10)11-14-15-12(16-2)17-11;1-2/h3-6,13H,1-2H3;1-2H3. The van der Waals surface area contributed by atoms with Gasteiger partial charge in [0.05, 0.1) is 0 Å². The van der Waals surface area contributed by atoms with Gasteiger partial charge in [0, 0.05) is 22.7 Å². The van der Waals surface area contributed by atoms with E-state index in [0.29, 0.717) is 0 Å². The van der Waals surface area contributed by atoms with E-state index >= 15 is 0 Å². The third kappa shape index (κ3) is 2.82. The topological polar surface area (TPSA) is 41.6 Å². The monoisotopic (exact) mass is 291 g/mol. The predicted octanol–water partition coefficient (Wildman–Crippen LogP) is 4.74. The molecule has 0 bridgehead atoms. The molecule has 2 aromatic heterocycles. The van der Waals surface area contributed by atoms with Crippen LogP contribution in [0.4, 0.5) is 0 Å². The maximum Gasteiger partial charge on any atom is 0.174 e. The van der Waals surface area contributed by atoms with Crippen LogP contribution in [0.3, 0.4) is 0 Å². The maximum atomic E-state index is 4.22. The molecule has 0 spiro atoms. The van der Waals surface area contributed by atoms with Crippen LogP contribution in [0.1, 0.15) is 19.4 Å². The first-order valence-electron chi connectivity index (χ1n) is 6.23. The molecule has 3 rings (SSSR count). The van der Waals surface area contributed by atoms with E-state index in [0.717, 1.165) is 14.9 Å². The fourth-order valence-corrected chi connectivity index (χ4v) is 3.07. The fourth-order valence-electron chi connectivity index (χ4n) is 1.80. The molecule has 1 aromatic carbocycles. The minimum Gasteiger partial charge on any atom is -0.361 e. The van der Waals surface area contributed by atoms with Crippen LogP contribution in [0.5, 0.6) is 0 Å². The first-order chi connectivity index (χ1) is 9.28. The molecule has 0 unspecified atom stereocenters. The van der Waals surface area contributed by atoms with Crippen LogP contribution in [-0.4, -0.2) is 21.4 Å². The van der Waals surface area contributed by atoms with Gasteiger partial charge in [0.25, 0.3) is 0 Å². The Morgan fingerprint density at radius 3 is 2.68 bits per heavy atom. The minimum atomic E-state index is 0.983. The van der Waals surface area contributed by atoms with Crippen molar-refractivity contribution in [1.82, 2.24) is 15.2 Å². The van der Waals surface area contributed by atoms with Crippen molar-refractivity contribution in [3.05, 3.63) is 30.0 Å². The van der Waals surface area contributed by atoms with Crippen molar-refractivity contribution in [3.8, 4) is 10.6 Å². The van der Waals surface area contributed by atoms with E-state index in [1.807, 2.05) is 26.3 Å². The molecule has 1 N–H and O–H groups in total. The van der Waals surface area contributed by atoms with Crippen molar-refractivity contribution in [1.29, 1.82) is 0 Å². The molecule has 0 fully saturated rings. The Morgan fingerprint density at radius 2 is 2.00 bits per heavy atom. The van der Waals surface area contributed by atoms with Crippen LogP contribution < -0.4 is 0 Å². The molecule has 3 aromatic rings. The summed E-state index contributed by atoms with van der Waals surface area (Å²) in [7, 11) is 0. The zero-order valence-corrected chi connectivity index (χ0v) is 13.2. The molecule has 2 heterocycles. The highest BCUT2D eigenvalue weighted by Gasteiger charge is 2.08. The number of hydrogen-bond donors (Lipinski definition) is 1. The van der Waals surface area contributed by atoms with Crippen LogP contribution in [0.2, 0.25) is 0 Å². The predicted molar refractivity (Wildman–Crippen MR) is 85.1 cm³/mol. The van der Waals surface area contributed by atoms with Crippen LogP contribution in [0, 0.1) is 6.92 Å². The first kappa shape index (κ1) is 14.1.